The van der Waals surface area contributed by atoms with Crippen LogP contribution in [0.3, 0.4) is 0 Å². The molecular formula is C21H16Cl2N6O2. The first kappa shape index (κ1) is 20.8. The maximum atomic E-state index is 13.3. The molecule has 0 atom stereocenters. The lowest BCUT2D eigenvalue weighted by Gasteiger charge is -2.16. The number of aromatic nitrogens is 4. The zero-order valence-electron chi connectivity index (χ0n) is 16.5. The highest BCUT2D eigenvalue weighted by Gasteiger charge is 2.23. The van der Waals surface area contributed by atoms with Gasteiger partial charge in [-0.05, 0) is 36.8 Å². The summed E-state index contributed by atoms with van der Waals surface area (Å²) in [5.41, 5.74) is 2.79. The molecule has 0 radical (unpaired) electrons. The van der Waals surface area contributed by atoms with Gasteiger partial charge < -0.3 is 10.6 Å². The van der Waals surface area contributed by atoms with Gasteiger partial charge in [0.05, 0.1) is 23.1 Å². The van der Waals surface area contributed by atoms with Crippen molar-refractivity contribution in [3.63, 3.8) is 0 Å². The highest BCUT2D eigenvalue weighted by Crippen LogP contribution is 2.31. The first-order chi connectivity index (χ1) is 14.9. The lowest BCUT2D eigenvalue weighted by atomic mass is 10.1. The molecule has 8 nitrogen and oxygen atoms in total. The SMILES string of the molecule is CNC(=O)c1cc(Cl)cc(C)c1NC(=O)c1ncc2nccn2c1-c1cccnc1Cl. The van der Waals surface area contributed by atoms with Crippen LogP contribution >= 0.6 is 23.2 Å². The van der Waals surface area contributed by atoms with E-state index in [1.54, 1.807) is 48.1 Å². The van der Waals surface area contributed by atoms with Crippen molar-refractivity contribution in [2.75, 3.05) is 12.4 Å². The quantitative estimate of drug-likeness (QED) is 0.453. The van der Waals surface area contributed by atoms with Crippen molar-refractivity contribution in [3.8, 4) is 11.3 Å². The molecule has 156 valence electrons. The largest absolute Gasteiger partial charge is 0.355 e. The number of hydrogen-bond acceptors (Lipinski definition) is 5. The Hall–Kier alpha value is -3.49. The van der Waals surface area contributed by atoms with Crippen LogP contribution in [0.4, 0.5) is 5.69 Å². The number of rotatable bonds is 4. The molecule has 0 bridgehead atoms. The molecule has 0 saturated heterocycles. The minimum atomic E-state index is -0.527. The van der Waals surface area contributed by atoms with Crippen LogP contribution in [0.15, 0.2) is 49.1 Å². The zero-order chi connectivity index (χ0) is 22.1. The molecule has 0 aliphatic rings. The minimum Gasteiger partial charge on any atom is -0.355 e. The molecule has 0 spiro atoms. The third-order valence-electron chi connectivity index (χ3n) is 4.68. The first-order valence-electron chi connectivity index (χ1n) is 9.17. The Morgan fingerprint density at radius 1 is 1.06 bits per heavy atom. The lowest BCUT2D eigenvalue weighted by molar-refractivity contribution is 0.0964. The standard InChI is InChI=1S/C21H16Cl2N6O2/c1-11-8-12(22)9-14(20(30)24-2)16(11)28-21(31)17-18(13-4-3-5-26-19(13)23)29-7-6-25-15(29)10-27-17/h3-10H,1-2H3,(H,24,30)(H,28,31). The van der Waals surface area contributed by atoms with E-state index < -0.39 is 5.91 Å². The van der Waals surface area contributed by atoms with E-state index in [1.165, 1.54) is 19.3 Å². The second kappa shape index (κ2) is 8.33. The van der Waals surface area contributed by atoms with Crippen LogP contribution in [0.25, 0.3) is 16.9 Å². The number of carbonyl (C=O) groups is 2. The molecular weight excluding hydrogens is 439 g/mol. The van der Waals surface area contributed by atoms with E-state index in [2.05, 4.69) is 25.6 Å². The number of benzene rings is 1. The zero-order valence-corrected chi connectivity index (χ0v) is 18.0. The number of imidazole rings is 1. The summed E-state index contributed by atoms with van der Waals surface area (Å²) in [6.07, 6.45) is 6.34. The number of carbonyl (C=O) groups excluding carboxylic acids is 2. The average molecular weight is 455 g/mol. The molecule has 31 heavy (non-hydrogen) atoms. The maximum Gasteiger partial charge on any atom is 0.276 e. The van der Waals surface area contributed by atoms with Gasteiger partial charge in [-0.2, -0.15) is 0 Å². The van der Waals surface area contributed by atoms with E-state index in [9.17, 15) is 9.59 Å². The second-order valence-electron chi connectivity index (χ2n) is 6.63. The molecule has 4 aromatic rings. The summed E-state index contributed by atoms with van der Waals surface area (Å²) in [5, 5.41) is 5.96. The van der Waals surface area contributed by atoms with Crippen LogP contribution in [0, 0.1) is 6.92 Å². The molecule has 0 unspecified atom stereocenters. The molecule has 0 aliphatic heterocycles. The summed E-state index contributed by atoms with van der Waals surface area (Å²) in [6.45, 7) is 1.75. The number of nitrogens with zero attached hydrogens (tertiary/aromatic N) is 4. The first-order valence-corrected chi connectivity index (χ1v) is 9.93. The van der Waals surface area contributed by atoms with Gasteiger partial charge in [0.1, 0.15) is 5.15 Å². The molecule has 3 aromatic heterocycles. The predicted octanol–water partition coefficient (Wildman–Crippen LogP) is 4.02. The van der Waals surface area contributed by atoms with Crippen molar-refractivity contribution in [1.82, 2.24) is 24.7 Å². The number of anilines is 1. The smallest absolute Gasteiger partial charge is 0.276 e. The molecule has 3 heterocycles. The molecule has 0 aliphatic carbocycles. The van der Waals surface area contributed by atoms with Gasteiger partial charge in [-0.25, -0.2) is 15.0 Å². The van der Waals surface area contributed by atoms with Crippen LogP contribution in [0.2, 0.25) is 10.2 Å². The third-order valence-corrected chi connectivity index (χ3v) is 5.20. The van der Waals surface area contributed by atoms with Crippen molar-refractivity contribution in [1.29, 1.82) is 0 Å². The van der Waals surface area contributed by atoms with Crippen molar-refractivity contribution in [3.05, 3.63) is 76.0 Å². The summed E-state index contributed by atoms with van der Waals surface area (Å²) < 4.78 is 1.71. The van der Waals surface area contributed by atoms with Gasteiger partial charge in [-0.15, -0.1) is 0 Å². The Labute approximate surface area is 187 Å². The third kappa shape index (κ3) is 3.83. The predicted molar refractivity (Wildman–Crippen MR) is 119 cm³/mol. The molecule has 2 N–H and O–H groups in total. The Kier molecular flexibility index (Phi) is 5.58. The summed E-state index contributed by atoms with van der Waals surface area (Å²) >= 11 is 12.4. The van der Waals surface area contributed by atoms with Crippen LogP contribution in [0.1, 0.15) is 26.4 Å². The Bertz CT molecular complexity index is 1330. The summed E-state index contributed by atoms with van der Waals surface area (Å²) in [4.78, 5) is 38.4. The molecule has 1 aromatic carbocycles. The fraction of sp³-hybridized carbons (Fsp3) is 0.0952. The van der Waals surface area contributed by atoms with Crippen molar-refractivity contribution in [2.24, 2.45) is 0 Å². The highest BCUT2D eigenvalue weighted by molar-refractivity contribution is 6.32. The lowest BCUT2D eigenvalue weighted by Crippen LogP contribution is -2.23. The van der Waals surface area contributed by atoms with E-state index in [-0.39, 0.29) is 22.3 Å². The van der Waals surface area contributed by atoms with E-state index in [1.807, 2.05) is 0 Å². The fourth-order valence-electron chi connectivity index (χ4n) is 3.28. The number of fused-ring (bicyclic) bond motifs is 1. The highest BCUT2D eigenvalue weighted by atomic mass is 35.5. The number of aryl methyl sites for hydroxylation is 1. The molecule has 10 heteroatoms. The Morgan fingerprint density at radius 3 is 2.61 bits per heavy atom. The van der Waals surface area contributed by atoms with E-state index >= 15 is 0 Å². The Morgan fingerprint density at radius 2 is 1.87 bits per heavy atom. The number of hydrogen-bond donors (Lipinski definition) is 2. The normalized spacial score (nSPS) is 10.8. The van der Waals surface area contributed by atoms with E-state index in [0.717, 1.165) is 0 Å². The molecule has 2 amide bonds. The van der Waals surface area contributed by atoms with Gasteiger partial charge in [0.25, 0.3) is 11.8 Å². The van der Waals surface area contributed by atoms with E-state index in [0.29, 0.717) is 33.2 Å². The van der Waals surface area contributed by atoms with Crippen molar-refractivity contribution in [2.45, 2.75) is 6.92 Å². The van der Waals surface area contributed by atoms with Gasteiger partial charge in [0, 0.05) is 36.2 Å². The van der Waals surface area contributed by atoms with E-state index in [4.69, 9.17) is 23.2 Å². The molecule has 0 fully saturated rings. The van der Waals surface area contributed by atoms with Gasteiger partial charge in [-0.1, -0.05) is 23.2 Å². The van der Waals surface area contributed by atoms with Crippen LogP contribution < -0.4 is 10.6 Å². The van der Waals surface area contributed by atoms with Crippen molar-refractivity contribution >= 4 is 46.4 Å². The Balaban J connectivity index is 1.87. The van der Waals surface area contributed by atoms with Gasteiger partial charge in [0.2, 0.25) is 0 Å². The summed E-state index contributed by atoms with van der Waals surface area (Å²) in [5.74, 6) is -0.907. The van der Waals surface area contributed by atoms with Crippen LogP contribution in [0.5, 0.6) is 0 Å². The van der Waals surface area contributed by atoms with Gasteiger partial charge in [-0.3, -0.25) is 14.0 Å². The summed E-state index contributed by atoms with van der Waals surface area (Å²) in [7, 11) is 1.50. The minimum absolute atomic E-state index is 0.0950. The summed E-state index contributed by atoms with van der Waals surface area (Å²) in [6, 6.07) is 6.61. The monoisotopic (exact) mass is 454 g/mol. The van der Waals surface area contributed by atoms with Gasteiger partial charge >= 0.3 is 0 Å². The number of nitrogens with one attached hydrogen (secondary N) is 2. The van der Waals surface area contributed by atoms with Crippen LogP contribution in [-0.2, 0) is 0 Å². The van der Waals surface area contributed by atoms with Crippen molar-refractivity contribution < 1.29 is 9.59 Å². The van der Waals surface area contributed by atoms with Crippen LogP contribution in [-0.4, -0.2) is 38.2 Å². The second-order valence-corrected chi connectivity index (χ2v) is 7.43. The average Bonchev–Trinajstić information content (AvgIpc) is 3.23. The molecule has 4 rings (SSSR count). The fourth-order valence-corrected chi connectivity index (χ4v) is 3.76. The molecule has 0 saturated carbocycles. The van der Waals surface area contributed by atoms with Gasteiger partial charge in [0.15, 0.2) is 11.3 Å². The number of halogens is 2. The number of pyridine rings is 1. The maximum absolute atomic E-state index is 13.3. The topological polar surface area (TPSA) is 101 Å². The number of amides is 2.